The molecule has 0 saturated carbocycles. The van der Waals surface area contributed by atoms with E-state index in [4.69, 9.17) is 0 Å². The van der Waals surface area contributed by atoms with Crippen LogP contribution >= 0.6 is 10.1 Å². The molecule has 1 aliphatic rings. The first-order chi connectivity index (χ1) is 5.00. The first-order valence-electron chi connectivity index (χ1n) is 3.31. The second-order valence-electron chi connectivity index (χ2n) is 2.00. The average Bonchev–Trinajstić information content (AvgIpc) is 1.90. The summed E-state index contributed by atoms with van der Waals surface area (Å²) >= 11 is 3.66. The quantitative estimate of drug-likeness (QED) is 0.324. The van der Waals surface area contributed by atoms with Crippen LogP contribution in [-0.4, -0.2) is 0 Å². The van der Waals surface area contributed by atoms with Gasteiger partial charge in [-0.3, -0.25) is 6.08 Å². The summed E-state index contributed by atoms with van der Waals surface area (Å²) in [6.45, 7) is 0. The van der Waals surface area contributed by atoms with Gasteiger partial charge in [-0.05, 0) is 6.42 Å². The summed E-state index contributed by atoms with van der Waals surface area (Å²) in [5.74, 6) is 0. The molecule has 0 fully saturated rings. The molecular formula is C8H11ClCu. The molecule has 10 heavy (non-hydrogen) atoms. The van der Waals surface area contributed by atoms with Crippen LogP contribution in [0.2, 0.25) is 0 Å². The van der Waals surface area contributed by atoms with Gasteiger partial charge in [0.05, 0.1) is 0 Å². The van der Waals surface area contributed by atoms with Crippen LogP contribution in [0.4, 0.5) is 0 Å². The molecule has 0 spiro atoms. The number of halogens is 1. The normalized spacial score (nSPS) is 16.7. The molecule has 0 saturated heterocycles. The van der Waals surface area contributed by atoms with Gasteiger partial charge in [0.15, 0.2) is 0 Å². The van der Waals surface area contributed by atoms with Gasteiger partial charge in [-0.25, -0.2) is 0 Å². The van der Waals surface area contributed by atoms with Gasteiger partial charge < -0.3 is 6.08 Å². The number of allylic oxidation sites excluding steroid dienone is 4. The van der Waals surface area contributed by atoms with Crippen LogP contribution in [0.25, 0.3) is 0 Å². The topological polar surface area (TPSA) is 0 Å². The van der Waals surface area contributed by atoms with Crippen LogP contribution < -0.4 is 0 Å². The van der Waals surface area contributed by atoms with Crippen LogP contribution in [0.3, 0.4) is 0 Å². The molecule has 0 heterocycles. The second-order valence-corrected chi connectivity index (χ2v) is 2.00. The summed E-state index contributed by atoms with van der Waals surface area (Å²) in [4.78, 5) is 0. The molecule has 0 aromatic rings. The van der Waals surface area contributed by atoms with Crippen molar-refractivity contribution in [1.82, 2.24) is 0 Å². The number of hydrogen-bond acceptors (Lipinski definition) is 0. The van der Waals surface area contributed by atoms with Crippen LogP contribution in [0, 0.1) is 6.08 Å². The summed E-state index contributed by atoms with van der Waals surface area (Å²) in [5.41, 5.74) is 0. The molecule has 0 aromatic heterocycles. The molecule has 1 aliphatic carbocycles. The van der Waals surface area contributed by atoms with Gasteiger partial charge in [0.1, 0.15) is 0 Å². The third-order valence-corrected chi connectivity index (χ3v) is 1.24. The zero-order valence-corrected chi connectivity index (χ0v) is 7.44. The molecule has 0 atom stereocenters. The maximum absolute atomic E-state index is 4.20. The summed E-state index contributed by atoms with van der Waals surface area (Å²) in [6.07, 6.45) is 14.5. The second kappa shape index (κ2) is 9.29. The van der Waals surface area contributed by atoms with E-state index in [1.165, 1.54) is 19.3 Å². The van der Waals surface area contributed by atoms with Crippen molar-refractivity contribution < 1.29 is 15.1 Å². The average molecular weight is 206 g/mol. The summed E-state index contributed by atoms with van der Waals surface area (Å²) < 4.78 is 0. The van der Waals surface area contributed by atoms with E-state index in [1.54, 1.807) is 0 Å². The van der Waals surface area contributed by atoms with E-state index < -0.39 is 0 Å². The predicted octanol–water partition coefficient (Wildman–Crippen LogP) is 3.16. The Morgan fingerprint density at radius 3 is 2.60 bits per heavy atom. The van der Waals surface area contributed by atoms with E-state index in [0.717, 1.165) is 6.42 Å². The molecule has 0 aromatic carbocycles. The van der Waals surface area contributed by atoms with Gasteiger partial charge in [0.2, 0.25) is 0 Å². The van der Waals surface area contributed by atoms with Crippen LogP contribution in [0.15, 0.2) is 18.2 Å². The van der Waals surface area contributed by atoms with Crippen LogP contribution in [0.5, 0.6) is 0 Å². The standard InChI is InChI=1S/C8H11.ClH.Cu/c1-2-4-6-8-7-5-3-1;;/h1-2,7H,3-6H2;1H;/q-1;;+2/p-1. The van der Waals surface area contributed by atoms with E-state index in [-0.39, 0.29) is 0 Å². The first kappa shape index (κ1) is 10.3. The number of hydrogen-bond donors (Lipinski definition) is 0. The minimum atomic E-state index is 1.11. The zero-order valence-electron chi connectivity index (χ0n) is 5.74. The molecule has 0 bridgehead atoms. The Bertz CT molecular complexity index is 81.8. The molecule has 0 N–H and O–H groups in total. The Kier molecular flexibility index (Phi) is 9.56. The van der Waals surface area contributed by atoms with Crippen molar-refractivity contribution in [3.63, 3.8) is 0 Å². The Labute approximate surface area is 75.4 Å². The molecule has 0 amide bonds. The van der Waals surface area contributed by atoms with Gasteiger partial charge in [-0.15, -0.1) is 0 Å². The molecule has 0 nitrogen and oxygen atoms in total. The van der Waals surface area contributed by atoms with Crippen molar-refractivity contribution in [2.24, 2.45) is 0 Å². The van der Waals surface area contributed by atoms with Crippen LogP contribution in [0.1, 0.15) is 25.7 Å². The van der Waals surface area contributed by atoms with Crippen molar-refractivity contribution in [2.45, 2.75) is 25.7 Å². The Hall–Kier alpha value is 0.289. The molecular weight excluding hydrogens is 195 g/mol. The molecule has 0 aliphatic heterocycles. The van der Waals surface area contributed by atoms with Gasteiger partial charge in [-0.2, -0.15) is 6.42 Å². The molecule has 0 unspecified atom stereocenters. The van der Waals surface area contributed by atoms with Crippen molar-refractivity contribution in [1.29, 1.82) is 0 Å². The summed E-state index contributed by atoms with van der Waals surface area (Å²) in [7, 11) is 4.20. The molecule has 1 rings (SSSR count). The van der Waals surface area contributed by atoms with Gasteiger partial charge >= 0.3 is 25.2 Å². The summed E-state index contributed by atoms with van der Waals surface area (Å²) in [5, 5.41) is 0. The molecule has 61 valence electrons. The van der Waals surface area contributed by atoms with E-state index >= 15 is 0 Å². The maximum atomic E-state index is 4.20. The Morgan fingerprint density at radius 2 is 1.80 bits per heavy atom. The third kappa shape index (κ3) is 6.41. The van der Waals surface area contributed by atoms with Crippen molar-refractivity contribution in [3.8, 4) is 0 Å². The Morgan fingerprint density at radius 1 is 1.10 bits per heavy atom. The van der Waals surface area contributed by atoms with Gasteiger partial charge in [-0.1, -0.05) is 25.0 Å². The van der Waals surface area contributed by atoms with Crippen molar-refractivity contribution in [3.05, 3.63) is 24.3 Å². The fourth-order valence-corrected chi connectivity index (χ4v) is 0.786. The van der Waals surface area contributed by atoms with E-state index in [0.29, 0.717) is 0 Å². The molecule has 2 heteroatoms. The van der Waals surface area contributed by atoms with Crippen molar-refractivity contribution in [2.75, 3.05) is 0 Å². The van der Waals surface area contributed by atoms with Crippen LogP contribution in [-0.2, 0) is 15.1 Å². The Balaban J connectivity index is 0.000000371. The van der Waals surface area contributed by atoms with E-state index in [9.17, 15) is 0 Å². The minimum absolute atomic E-state index is 1.11. The SMILES string of the molecule is [C-]1=CCCC=CCC1.[Cl][Cu+]. The first-order valence-corrected chi connectivity index (χ1v) is 4.61. The van der Waals surface area contributed by atoms with Gasteiger partial charge in [0.25, 0.3) is 0 Å². The zero-order chi connectivity index (χ0) is 7.66. The summed E-state index contributed by atoms with van der Waals surface area (Å²) in [6, 6.07) is 0. The van der Waals surface area contributed by atoms with Gasteiger partial charge in [0, 0.05) is 0 Å². The number of rotatable bonds is 0. The monoisotopic (exact) mass is 205 g/mol. The fraction of sp³-hybridized carbons (Fsp3) is 0.500. The van der Waals surface area contributed by atoms with Crippen molar-refractivity contribution >= 4 is 10.1 Å². The third-order valence-electron chi connectivity index (χ3n) is 1.24. The predicted molar refractivity (Wildman–Crippen MR) is 41.3 cm³/mol. The van der Waals surface area contributed by atoms with E-state index in [2.05, 4.69) is 49.5 Å². The van der Waals surface area contributed by atoms with E-state index in [1.807, 2.05) is 0 Å². The fourth-order valence-electron chi connectivity index (χ4n) is 0.786. The molecule has 0 radical (unpaired) electrons.